The van der Waals surface area contributed by atoms with Gasteiger partial charge < -0.3 is 15.4 Å². The maximum atomic E-state index is 6.01. The second-order valence-corrected chi connectivity index (χ2v) is 7.14. The molecule has 0 bridgehead atoms. The van der Waals surface area contributed by atoms with Gasteiger partial charge in [-0.3, -0.25) is 4.90 Å². The molecule has 0 aromatic rings. The molecule has 2 atom stereocenters. The van der Waals surface area contributed by atoms with Gasteiger partial charge in [0.05, 0.1) is 12.7 Å². The maximum Gasteiger partial charge on any atom is 0.0829 e. The summed E-state index contributed by atoms with van der Waals surface area (Å²) >= 11 is 0. The minimum absolute atomic E-state index is 0.351. The van der Waals surface area contributed by atoms with Gasteiger partial charge in [-0.05, 0) is 44.7 Å². The van der Waals surface area contributed by atoms with Crippen LogP contribution in [0.3, 0.4) is 0 Å². The summed E-state index contributed by atoms with van der Waals surface area (Å²) < 4.78 is 5.96. The molecule has 4 heteroatoms. The van der Waals surface area contributed by atoms with E-state index in [1.807, 2.05) is 0 Å². The SMILES string of the molecule is CC(C)CN1CCOC(CN2CCC(C(C)N)CC2)C1. The number of morpholine rings is 1. The van der Waals surface area contributed by atoms with Crippen LogP contribution in [0.25, 0.3) is 0 Å². The topological polar surface area (TPSA) is 41.7 Å². The predicted molar refractivity (Wildman–Crippen MR) is 83.8 cm³/mol. The standard InChI is InChI=1S/C16H33N3O/c1-13(2)10-19-8-9-20-16(12-19)11-18-6-4-15(5-7-18)14(3)17/h13-16H,4-12,17H2,1-3H3. The Morgan fingerprint density at radius 2 is 1.80 bits per heavy atom. The molecule has 2 rings (SSSR count). The molecule has 2 heterocycles. The lowest BCUT2D eigenvalue weighted by atomic mass is 9.91. The maximum absolute atomic E-state index is 6.01. The first-order valence-corrected chi connectivity index (χ1v) is 8.36. The Labute approximate surface area is 124 Å². The van der Waals surface area contributed by atoms with Crippen molar-refractivity contribution in [1.82, 2.24) is 9.80 Å². The van der Waals surface area contributed by atoms with Crippen LogP contribution in [-0.4, -0.2) is 67.8 Å². The van der Waals surface area contributed by atoms with E-state index in [4.69, 9.17) is 10.5 Å². The number of nitrogens with two attached hydrogens (primary N) is 1. The van der Waals surface area contributed by atoms with Gasteiger partial charge in [0.25, 0.3) is 0 Å². The largest absolute Gasteiger partial charge is 0.374 e. The monoisotopic (exact) mass is 283 g/mol. The van der Waals surface area contributed by atoms with E-state index >= 15 is 0 Å². The molecule has 20 heavy (non-hydrogen) atoms. The molecule has 4 nitrogen and oxygen atoms in total. The minimum atomic E-state index is 0.351. The Bertz CT molecular complexity index is 275. The van der Waals surface area contributed by atoms with Gasteiger partial charge >= 0.3 is 0 Å². The molecule has 2 aliphatic rings. The molecule has 0 amide bonds. The third kappa shape index (κ3) is 4.99. The van der Waals surface area contributed by atoms with Crippen molar-refractivity contribution in [2.75, 3.05) is 45.9 Å². The van der Waals surface area contributed by atoms with Crippen LogP contribution >= 0.6 is 0 Å². The van der Waals surface area contributed by atoms with Crippen molar-refractivity contribution in [3.63, 3.8) is 0 Å². The highest BCUT2D eigenvalue weighted by Crippen LogP contribution is 2.20. The van der Waals surface area contributed by atoms with E-state index in [2.05, 4.69) is 30.6 Å². The number of likely N-dealkylation sites (tertiary alicyclic amines) is 1. The van der Waals surface area contributed by atoms with Crippen LogP contribution in [0.4, 0.5) is 0 Å². The number of nitrogens with zero attached hydrogens (tertiary/aromatic N) is 2. The first-order valence-electron chi connectivity index (χ1n) is 8.36. The molecule has 0 saturated carbocycles. The molecule has 118 valence electrons. The lowest BCUT2D eigenvalue weighted by Crippen LogP contribution is -2.50. The van der Waals surface area contributed by atoms with Gasteiger partial charge in [-0.2, -0.15) is 0 Å². The van der Waals surface area contributed by atoms with E-state index in [-0.39, 0.29) is 0 Å². The van der Waals surface area contributed by atoms with Crippen LogP contribution in [0.5, 0.6) is 0 Å². The number of ether oxygens (including phenoxy) is 1. The molecule has 0 spiro atoms. The summed E-state index contributed by atoms with van der Waals surface area (Å²) in [5.41, 5.74) is 6.01. The molecule has 2 N–H and O–H groups in total. The fourth-order valence-electron chi connectivity index (χ4n) is 3.52. The molecular formula is C16H33N3O. The minimum Gasteiger partial charge on any atom is -0.374 e. The van der Waals surface area contributed by atoms with Crippen LogP contribution in [0.2, 0.25) is 0 Å². The van der Waals surface area contributed by atoms with Gasteiger partial charge in [0.2, 0.25) is 0 Å². The third-order valence-corrected chi connectivity index (χ3v) is 4.68. The van der Waals surface area contributed by atoms with Crippen molar-refractivity contribution in [1.29, 1.82) is 0 Å². The van der Waals surface area contributed by atoms with Crippen LogP contribution in [0.1, 0.15) is 33.6 Å². The summed E-state index contributed by atoms with van der Waals surface area (Å²) in [6.45, 7) is 14.5. The number of hydrogen-bond donors (Lipinski definition) is 1. The van der Waals surface area contributed by atoms with Crippen molar-refractivity contribution in [3.8, 4) is 0 Å². The van der Waals surface area contributed by atoms with Crippen molar-refractivity contribution in [3.05, 3.63) is 0 Å². The zero-order valence-electron chi connectivity index (χ0n) is 13.6. The molecule has 0 aromatic heterocycles. The summed E-state index contributed by atoms with van der Waals surface area (Å²) in [6, 6.07) is 0.351. The Morgan fingerprint density at radius 3 is 2.40 bits per heavy atom. The van der Waals surface area contributed by atoms with Crippen molar-refractivity contribution in [2.45, 2.75) is 45.8 Å². The highest BCUT2D eigenvalue weighted by Gasteiger charge is 2.26. The average Bonchev–Trinajstić information content (AvgIpc) is 2.39. The highest BCUT2D eigenvalue weighted by molar-refractivity contribution is 4.81. The third-order valence-electron chi connectivity index (χ3n) is 4.68. The Morgan fingerprint density at radius 1 is 1.10 bits per heavy atom. The summed E-state index contributed by atoms with van der Waals surface area (Å²) in [4.78, 5) is 5.13. The first-order chi connectivity index (χ1) is 9.54. The zero-order valence-corrected chi connectivity index (χ0v) is 13.6. The van der Waals surface area contributed by atoms with E-state index in [1.54, 1.807) is 0 Å². The van der Waals surface area contributed by atoms with E-state index in [0.29, 0.717) is 12.1 Å². The number of rotatable bonds is 5. The Kier molecular flexibility index (Phi) is 6.27. The predicted octanol–water partition coefficient (Wildman–Crippen LogP) is 1.40. The lowest BCUT2D eigenvalue weighted by Gasteiger charge is -2.39. The smallest absolute Gasteiger partial charge is 0.0829 e. The molecule has 0 radical (unpaired) electrons. The van der Waals surface area contributed by atoms with Crippen LogP contribution in [-0.2, 0) is 4.74 Å². The number of piperidine rings is 1. The number of hydrogen-bond acceptors (Lipinski definition) is 4. The summed E-state index contributed by atoms with van der Waals surface area (Å²) in [5, 5.41) is 0. The van der Waals surface area contributed by atoms with Gasteiger partial charge in [0.15, 0.2) is 0 Å². The molecule has 2 saturated heterocycles. The van der Waals surface area contributed by atoms with Gasteiger partial charge in [0, 0.05) is 32.2 Å². The van der Waals surface area contributed by atoms with Crippen molar-refractivity contribution in [2.24, 2.45) is 17.6 Å². The van der Waals surface area contributed by atoms with Gasteiger partial charge in [-0.25, -0.2) is 0 Å². The summed E-state index contributed by atoms with van der Waals surface area (Å²) in [7, 11) is 0. The Balaban J connectivity index is 1.71. The zero-order chi connectivity index (χ0) is 14.5. The van der Waals surface area contributed by atoms with Gasteiger partial charge in [-0.15, -0.1) is 0 Å². The summed E-state index contributed by atoms with van der Waals surface area (Å²) in [5.74, 6) is 1.46. The summed E-state index contributed by atoms with van der Waals surface area (Å²) in [6.07, 6.45) is 2.90. The van der Waals surface area contributed by atoms with Crippen LogP contribution in [0, 0.1) is 11.8 Å². The van der Waals surface area contributed by atoms with E-state index in [9.17, 15) is 0 Å². The average molecular weight is 283 g/mol. The highest BCUT2D eigenvalue weighted by atomic mass is 16.5. The van der Waals surface area contributed by atoms with E-state index in [1.165, 1.54) is 32.5 Å². The lowest BCUT2D eigenvalue weighted by molar-refractivity contribution is -0.0495. The Hall–Kier alpha value is -0.160. The van der Waals surface area contributed by atoms with E-state index in [0.717, 1.165) is 38.1 Å². The van der Waals surface area contributed by atoms with Gasteiger partial charge in [-0.1, -0.05) is 13.8 Å². The first kappa shape index (κ1) is 16.2. The fraction of sp³-hybridized carbons (Fsp3) is 1.00. The molecule has 2 fully saturated rings. The molecule has 0 aliphatic carbocycles. The van der Waals surface area contributed by atoms with E-state index < -0.39 is 0 Å². The molecular weight excluding hydrogens is 250 g/mol. The molecule has 2 aliphatic heterocycles. The quantitative estimate of drug-likeness (QED) is 0.828. The normalized spacial score (nSPS) is 28.9. The van der Waals surface area contributed by atoms with Crippen LogP contribution in [0.15, 0.2) is 0 Å². The second kappa shape index (κ2) is 7.74. The van der Waals surface area contributed by atoms with Crippen molar-refractivity contribution >= 4 is 0 Å². The van der Waals surface area contributed by atoms with Crippen molar-refractivity contribution < 1.29 is 4.74 Å². The molecule has 0 aromatic carbocycles. The fourth-order valence-corrected chi connectivity index (χ4v) is 3.52. The second-order valence-electron chi connectivity index (χ2n) is 7.14. The van der Waals surface area contributed by atoms with Crippen LogP contribution < -0.4 is 5.73 Å². The van der Waals surface area contributed by atoms with Gasteiger partial charge in [0.1, 0.15) is 0 Å². The molecule has 2 unspecified atom stereocenters.